The molecule has 0 radical (unpaired) electrons. The number of carbonyl (C=O) groups excluding carboxylic acids is 2. The third kappa shape index (κ3) is 6.38. The Labute approximate surface area is 272 Å². The number of amides is 2. The van der Waals surface area contributed by atoms with Gasteiger partial charge in [0, 0.05) is 49.9 Å². The molecule has 0 bridgehead atoms. The van der Waals surface area contributed by atoms with E-state index >= 15 is 8.78 Å². The van der Waals surface area contributed by atoms with Crippen molar-refractivity contribution in [1.82, 2.24) is 35.5 Å². The van der Waals surface area contributed by atoms with E-state index in [4.69, 9.17) is 0 Å². The van der Waals surface area contributed by atoms with E-state index in [0.717, 1.165) is 50.2 Å². The number of piperidine rings is 1. The molecule has 0 saturated carbocycles. The van der Waals surface area contributed by atoms with E-state index < -0.39 is 17.7 Å². The first-order chi connectivity index (χ1) is 22.9. The van der Waals surface area contributed by atoms with Crippen molar-refractivity contribution in [3.05, 3.63) is 89.4 Å². The summed E-state index contributed by atoms with van der Waals surface area (Å²) in [5.74, 6) is 0.0146. The molecular formula is C35H40F2N8O2. The number of aromatic amines is 2. The molecule has 5 heterocycles. The number of H-pyrrole nitrogens is 2. The Kier molecular flexibility index (Phi) is 8.76. The molecule has 3 aliphatic rings. The van der Waals surface area contributed by atoms with Crippen LogP contribution in [0.3, 0.4) is 0 Å². The van der Waals surface area contributed by atoms with Crippen LogP contribution in [-0.4, -0.2) is 62.8 Å². The number of likely N-dealkylation sites (tertiary alicyclic amines) is 1. The van der Waals surface area contributed by atoms with Gasteiger partial charge in [0.1, 0.15) is 35.0 Å². The first-order valence-electron chi connectivity index (χ1n) is 16.6. The van der Waals surface area contributed by atoms with Crippen LogP contribution in [-0.2, 0) is 9.59 Å². The molecule has 10 nitrogen and oxygen atoms in total. The fourth-order valence-electron chi connectivity index (χ4n) is 7.36. The number of hydrogen-bond donors (Lipinski definition) is 4. The molecular weight excluding hydrogens is 602 g/mol. The molecule has 0 aliphatic carbocycles. The topological polar surface area (TPSA) is 122 Å². The summed E-state index contributed by atoms with van der Waals surface area (Å²) >= 11 is 0. The van der Waals surface area contributed by atoms with Gasteiger partial charge in [-0.15, -0.1) is 0 Å². The monoisotopic (exact) mass is 642 g/mol. The van der Waals surface area contributed by atoms with E-state index in [9.17, 15) is 9.59 Å². The third-order valence-corrected chi connectivity index (χ3v) is 9.76. The van der Waals surface area contributed by atoms with Crippen molar-refractivity contribution in [3.8, 4) is 11.3 Å². The Hall–Kier alpha value is -4.58. The van der Waals surface area contributed by atoms with E-state index in [1.165, 1.54) is 19.1 Å². The zero-order valence-corrected chi connectivity index (χ0v) is 26.4. The maximum absolute atomic E-state index is 15.6. The lowest BCUT2D eigenvalue weighted by Crippen LogP contribution is -2.42. The highest BCUT2D eigenvalue weighted by molar-refractivity contribution is 5.88. The summed E-state index contributed by atoms with van der Waals surface area (Å²) in [5, 5.41) is 6.25. The second-order valence-electron chi connectivity index (χ2n) is 12.8. The van der Waals surface area contributed by atoms with E-state index in [1.54, 1.807) is 16.0 Å². The van der Waals surface area contributed by atoms with Crippen LogP contribution in [0.5, 0.6) is 0 Å². The molecule has 3 fully saturated rings. The minimum atomic E-state index is -0.823. The number of aromatic nitrogens is 4. The molecule has 0 unspecified atom stereocenters. The van der Waals surface area contributed by atoms with E-state index in [-0.39, 0.29) is 35.5 Å². The van der Waals surface area contributed by atoms with E-state index in [1.807, 2.05) is 36.5 Å². The Morgan fingerprint density at radius 2 is 1.66 bits per heavy atom. The summed E-state index contributed by atoms with van der Waals surface area (Å²) in [6.45, 7) is 3.98. The number of anilines is 1. The molecule has 0 spiro atoms. The first-order valence-corrected chi connectivity index (χ1v) is 16.6. The van der Waals surface area contributed by atoms with Gasteiger partial charge in [0.2, 0.25) is 11.8 Å². The van der Waals surface area contributed by atoms with Gasteiger partial charge in [0.15, 0.2) is 0 Å². The molecule has 2 aromatic carbocycles. The number of rotatable bonds is 8. The van der Waals surface area contributed by atoms with E-state index in [2.05, 4.69) is 30.6 Å². The smallest absolute Gasteiger partial charge is 0.250 e. The summed E-state index contributed by atoms with van der Waals surface area (Å²) < 4.78 is 31.2. The Bertz CT molecular complexity index is 1700. The maximum atomic E-state index is 15.6. The van der Waals surface area contributed by atoms with Gasteiger partial charge in [-0.3, -0.25) is 9.59 Å². The normalized spacial score (nSPS) is 20.9. The lowest BCUT2D eigenvalue weighted by Gasteiger charge is -2.33. The van der Waals surface area contributed by atoms with Gasteiger partial charge < -0.3 is 30.4 Å². The number of imidazole rings is 2. The van der Waals surface area contributed by atoms with Crippen molar-refractivity contribution in [2.75, 3.05) is 31.1 Å². The highest BCUT2D eigenvalue weighted by Crippen LogP contribution is 2.37. The molecule has 4 N–H and O–H groups in total. The fourth-order valence-corrected chi connectivity index (χ4v) is 7.36. The maximum Gasteiger partial charge on any atom is 0.250 e. The second-order valence-corrected chi connectivity index (χ2v) is 12.8. The minimum Gasteiger partial charge on any atom is -0.367 e. The standard InChI is InChI=1S/C35H40F2N8O2/c1-21(46)41-31(23-7-3-2-4-8-23)35(47)45-14-6-10-30(45)34-40-20-29(43-34)24-17-25(36)32(26(37)18-24)44-15-11-22(12-16-44)28-19-39-33(42-28)27-9-5-13-38-27/h2-4,7-8,17-20,22,27,30-31,38H,5-6,9-16H2,1H3,(H,39,42)(H,40,43)(H,41,46)/t27-,30-,31+/m0/s1. The molecule has 2 amide bonds. The minimum absolute atomic E-state index is 0.00937. The van der Waals surface area contributed by atoms with Crippen molar-refractivity contribution < 1.29 is 18.4 Å². The summed E-state index contributed by atoms with van der Waals surface area (Å²) in [7, 11) is 0. The van der Waals surface area contributed by atoms with E-state index in [0.29, 0.717) is 48.7 Å². The summed E-state index contributed by atoms with van der Waals surface area (Å²) in [6, 6.07) is 10.9. The van der Waals surface area contributed by atoms with Crippen LogP contribution in [0, 0.1) is 11.6 Å². The van der Waals surface area contributed by atoms with Crippen molar-refractivity contribution in [1.29, 1.82) is 0 Å². The highest BCUT2D eigenvalue weighted by atomic mass is 19.1. The van der Waals surface area contributed by atoms with Crippen molar-refractivity contribution in [2.45, 2.75) is 69.5 Å². The zero-order valence-electron chi connectivity index (χ0n) is 26.4. The van der Waals surface area contributed by atoms with Crippen molar-refractivity contribution >= 4 is 17.5 Å². The summed E-state index contributed by atoms with van der Waals surface area (Å²) in [5.41, 5.74) is 2.59. The molecule has 12 heteroatoms. The summed E-state index contributed by atoms with van der Waals surface area (Å²) in [6.07, 6.45) is 8.67. The lowest BCUT2D eigenvalue weighted by atomic mass is 9.93. The van der Waals surface area contributed by atoms with Crippen molar-refractivity contribution in [2.24, 2.45) is 0 Å². The van der Waals surface area contributed by atoms with Gasteiger partial charge >= 0.3 is 0 Å². The molecule has 246 valence electrons. The second kappa shape index (κ2) is 13.3. The highest BCUT2D eigenvalue weighted by Gasteiger charge is 2.37. The van der Waals surface area contributed by atoms with Crippen LogP contribution in [0.25, 0.3) is 11.3 Å². The molecule has 3 aliphatic heterocycles. The van der Waals surface area contributed by atoms with Crippen molar-refractivity contribution in [3.63, 3.8) is 0 Å². The number of hydrogen-bond acceptors (Lipinski definition) is 6. The number of nitrogens with zero attached hydrogens (tertiary/aromatic N) is 4. The average molecular weight is 643 g/mol. The predicted molar refractivity (Wildman–Crippen MR) is 173 cm³/mol. The quantitative estimate of drug-likeness (QED) is 0.204. The molecule has 47 heavy (non-hydrogen) atoms. The van der Waals surface area contributed by atoms with Crippen LogP contribution in [0.15, 0.2) is 54.9 Å². The van der Waals surface area contributed by atoms with Gasteiger partial charge in [-0.2, -0.15) is 0 Å². The van der Waals surface area contributed by atoms with Gasteiger partial charge in [-0.1, -0.05) is 30.3 Å². The molecule has 3 saturated heterocycles. The van der Waals surface area contributed by atoms with Gasteiger partial charge in [0.05, 0.1) is 24.0 Å². The van der Waals surface area contributed by atoms with Crippen LogP contribution in [0.2, 0.25) is 0 Å². The number of carbonyl (C=O) groups is 2. The summed E-state index contributed by atoms with van der Waals surface area (Å²) in [4.78, 5) is 45.1. The predicted octanol–water partition coefficient (Wildman–Crippen LogP) is 5.43. The Morgan fingerprint density at radius 1 is 0.915 bits per heavy atom. The number of benzene rings is 2. The van der Waals surface area contributed by atoms with Crippen LogP contribution < -0.4 is 15.5 Å². The molecule has 2 aromatic heterocycles. The molecule has 4 aromatic rings. The van der Waals surface area contributed by atoms with Gasteiger partial charge in [-0.05, 0) is 62.8 Å². The third-order valence-electron chi connectivity index (χ3n) is 9.76. The largest absolute Gasteiger partial charge is 0.367 e. The number of halogens is 2. The first kappa shape index (κ1) is 31.0. The van der Waals surface area contributed by atoms with Crippen LogP contribution in [0.1, 0.15) is 92.4 Å². The Morgan fingerprint density at radius 3 is 2.36 bits per heavy atom. The fraction of sp³-hybridized carbons (Fsp3) is 0.429. The van der Waals surface area contributed by atoms with Gasteiger partial charge in [0.25, 0.3) is 0 Å². The average Bonchev–Trinajstić information content (AvgIpc) is 3.90. The SMILES string of the molecule is CC(=O)N[C@@H](C(=O)N1CCC[C@H]1c1ncc(-c2cc(F)c(N3CCC(c4cnc([C@@H]5CCCN5)[nH]4)CC3)c(F)c2)[nH]1)c1ccccc1. The van der Waals surface area contributed by atoms with Crippen LogP contribution in [0.4, 0.5) is 14.5 Å². The zero-order chi connectivity index (χ0) is 32.5. The van der Waals surface area contributed by atoms with Gasteiger partial charge in [-0.25, -0.2) is 18.7 Å². The molecule has 3 atom stereocenters. The number of nitrogens with one attached hydrogen (secondary N) is 4. The molecule has 7 rings (SSSR count). The van der Waals surface area contributed by atoms with Crippen LogP contribution >= 0.6 is 0 Å². The Balaban J connectivity index is 1.03. The lowest BCUT2D eigenvalue weighted by molar-refractivity contribution is -0.137.